The molecule has 0 unspecified atom stereocenters. The van der Waals surface area contributed by atoms with E-state index in [1.165, 1.54) is 12.1 Å². The molecule has 0 aromatic heterocycles. The molecule has 0 aliphatic heterocycles. The van der Waals surface area contributed by atoms with Crippen molar-refractivity contribution in [2.75, 3.05) is 6.26 Å². The molecule has 0 saturated carbocycles. The molecule has 1 aromatic rings. The van der Waals surface area contributed by atoms with Gasteiger partial charge in [-0.1, -0.05) is 12.1 Å². The molecule has 0 aliphatic carbocycles. The van der Waals surface area contributed by atoms with Crippen molar-refractivity contribution in [2.24, 2.45) is 5.73 Å². The molecule has 0 saturated heterocycles. The highest BCUT2D eigenvalue weighted by Crippen LogP contribution is 2.10. The molecule has 0 bridgehead atoms. The highest BCUT2D eigenvalue weighted by atomic mass is 32.2. The van der Waals surface area contributed by atoms with E-state index >= 15 is 0 Å². The smallest absolute Gasteiger partial charge is 0.321 e. The van der Waals surface area contributed by atoms with Crippen LogP contribution in [0.4, 0.5) is 0 Å². The molecular weight excluding hydrogens is 284 g/mol. The summed E-state index contributed by atoms with van der Waals surface area (Å²) in [5.74, 6) is -1.72. The minimum absolute atomic E-state index is 0.176. The lowest BCUT2D eigenvalue weighted by atomic mass is 10.2. The van der Waals surface area contributed by atoms with Gasteiger partial charge in [-0.15, -0.1) is 0 Å². The number of sulfone groups is 1. The zero-order valence-electron chi connectivity index (χ0n) is 10.9. The SMILES string of the molecule is CS(=O)(=O)c1ccc(CNC(=O)C[C@H](N)C(=O)O)cc1. The molecule has 4 N–H and O–H groups in total. The van der Waals surface area contributed by atoms with Gasteiger partial charge in [0.05, 0.1) is 11.3 Å². The highest BCUT2D eigenvalue weighted by Gasteiger charge is 2.15. The van der Waals surface area contributed by atoms with E-state index in [4.69, 9.17) is 10.8 Å². The fourth-order valence-electron chi connectivity index (χ4n) is 1.41. The number of carbonyl (C=O) groups is 2. The fraction of sp³-hybridized carbons (Fsp3) is 0.333. The van der Waals surface area contributed by atoms with Crippen LogP contribution in [0.5, 0.6) is 0 Å². The number of hydrogen-bond acceptors (Lipinski definition) is 5. The number of rotatable bonds is 6. The standard InChI is InChI=1S/C12H16N2O5S/c1-20(18,19)9-4-2-8(3-5-9)7-14-11(15)6-10(13)12(16)17/h2-5,10H,6-7,13H2,1H3,(H,14,15)(H,16,17)/t10-/m0/s1. The van der Waals surface area contributed by atoms with Gasteiger partial charge in [0.2, 0.25) is 5.91 Å². The van der Waals surface area contributed by atoms with Crippen LogP contribution < -0.4 is 11.1 Å². The average Bonchev–Trinajstić information content (AvgIpc) is 2.35. The van der Waals surface area contributed by atoms with E-state index in [9.17, 15) is 18.0 Å². The molecule has 0 spiro atoms. The first-order chi connectivity index (χ1) is 9.20. The van der Waals surface area contributed by atoms with Crippen LogP contribution in [0.2, 0.25) is 0 Å². The topological polar surface area (TPSA) is 127 Å². The van der Waals surface area contributed by atoms with Crippen molar-refractivity contribution in [3.8, 4) is 0 Å². The Morgan fingerprint density at radius 3 is 2.30 bits per heavy atom. The summed E-state index contributed by atoms with van der Waals surface area (Å²) in [6, 6.07) is 4.81. The molecule has 8 heteroatoms. The lowest BCUT2D eigenvalue weighted by Crippen LogP contribution is -2.36. The largest absolute Gasteiger partial charge is 0.480 e. The van der Waals surface area contributed by atoms with Gasteiger partial charge >= 0.3 is 5.97 Å². The second-order valence-electron chi connectivity index (χ2n) is 4.34. The summed E-state index contributed by atoms with van der Waals surface area (Å²) >= 11 is 0. The predicted octanol–water partition coefficient (Wildman–Crippen LogP) is -0.492. The van der Waals surface area contributed by atoms with E-state index in [0.717, 1.165) is 6.26 Å². The van der Waals surface area contributed by atoms with Crippen LogP contribution in [0, 0.1) is 0 Å². The quantitative estimate of drug-likeness (QED) is 0.650. The van der Waals surface area contributed by atoms with Crippen molar-refractivity contribution < 1.29 is 23.1 Å². The van der Waals surface area contributed by atoms with Crippen LogP contribution in [0.15, 0.2) is 29.2 Å². The van der Waals surface area contributed by atoms with Gasteiger partial charge in [-0.3, -0.25) is 9.59 Å². The number of hydrogen-bond donors (Lipinski definition) is 3. The Kier molecular flexibility index (Phi) is 5.23. The second-order valence-corrected chi connectivity index (χ2v) is 6.36. The molecule has 1 aromatic carbocycles. The zero-order chi connectivity index (χ0) is 15.3. The van der Waals surface area contributed by atoms with Crippen LogP contribution in [0.3, 0.4) is 0 Å². The Hall–Kier alpha value is -1.93. The maximum Gasteiger partial charge on any atom is 0.321 e. The Balaban J connectivity index is 2.54. The fourth-order valence-corrected chi connectivity index (χ4v) is 2.04. The Bertz CT molecular complexity index is 595. The van der Waals surface area contributed by atoms with Gasteiger partial charge in [-0.25, -0.2) is 8.42 Å². The predicted molar refractivity (Wildman–Crippen MR) is 71.6 cm³/mol. The molecule has 0 aliphatic rings. The van der Waals surface area contributed by atoms with E-state index in [2.05, 4.69) is 5.32 Å². The number of amides is 1. The van der Waals surface area contributed by atoms with Crippen LogP contribution in [0.25, 0.3) is 0 Å². The number of carboxylic acid groups (broad SMARTS) is 1. The molecule has 110 valence electrons. The molecule has 0 fully saturated rings. The molecule has 1 amide bonds. The molecule has 7 nitrogen and oxygen atoms in total. The molecule has 0 radical (unpaired) electrons. The molecule has 20 heavy (non-hydrogen) atoms. The van der Waals surface area contributed by atoms with Crippen molar-refractivity contribution >= 4 is 21.7 Å². The average molecular weight is 300 g/mol. The van der Waals surface area contributed by atoms with Gasteiger partial charge in [0.1, 0.15) is 6.04 Å². The van der Waals surface area contributed by atoms with Crippen molar-refractivity contribution in [3.05, 3.63) is 29.8 Å². The van der Waals surface area contributed by atoms with Gasteiger partial charge < -0.3 is 16.2 Å². The van der Waals surface area contributed by atoms with Gasteiger partial charge in [0, 0.05) is 12.8 Å². The zero-order valence-corrected chi connectivity index (χ0v) is 11.7. The monoisotopic (exact) mass is 300 g/mol. The van der Waals surface area contributed by atoms with E-state index in [1.807, 2.05) is 0 Å². The summed E-state index contributed by atoms with van der Waals surface area (Å²) in [5.41, 5.74) is 5.93. The number of aliphatic carboxylic acids is 1. The van der Waals surface area contributed by atoms with E-state index in [0.29, 0.717) is 5.56 Å². The van der Waals surface area contributed by atoms with Gasteiger partial charge in [0.15, 0.2) is 9.84 Å². The third-order valence-electron chi connectivity index (χ3n) is 2.56. The minimum Gasteiger partial charge on any atom is -0.480 e. The Labute approximate surface area is 116 Å². The summed E-state index contributed by atoms with van der Waals surface area (Å²) in [6.45, 7) is 0.176. The maximum atomic E-state index is 11.4. The molecular formula is C12H16N2O5S. The highest BCUT2D eigenvalue weighted by molar-refractivity contribution is 7.90. The van der Waals surface area contributed by atoms with E-state index in [-0.39, 0.29) is 17.9 Å². The number of carbonyl (C=O) groups excluding carboxylic acids is 1. The van der Waals surface area contributed by atoms with Crippen molar-refractivity contribution in [2.45, 2.75) is 23.9 Å². The van der Waals surface area contributed by atoms with E-state index in [1.54, 1.807) is 12.1 Å². The number of benzene rings is 1. The first kappa shape index (κ1) is 16.1. The maximum absolute atomic E-state index is 11.4. The van der Waals surface area contributed by atoms with Gasteiger partial charge in [-0.2, -0.15) is 0 Å². The van der Waals surface area contributed by atoms with Gasteiger partial charge in [-0.05, 0) is 17.7 Å². The Morgan fingerprint density at radius 2 is 1.85 bits per heavy atom. The second kappa shape index (κ2) is 6.49. The molecule has 0 heterocycles. The summed E-state index contributed by atoms with van der Waals surface area (Å²) in [5, 5.41) is 11.1. The Morgan fingerprint density at radius 1 is 1.30 bits per heavy atom. The number of carboxylic acids is 1. The summed E-state index contributed by atoms with van der Waals surface area (Å²) in [4.78, 5) is 22.1. The third kappa shape index (κ3) is 4.98. The number of nitrogens with one attached hydrogen (secondary N) is 1. The molecule has 1 rings (SSSR count). The summed E-state index contributed by atoms with van der Waals surface area (Å²) in [7, 11) is -3.25. The summed E-state index contributed by atoms with van der Waals surface area (Å²) in [6.07, 6.45) is 0.799. The van der Waals surface area contributed by atoms with E-state index < -0.39 is 27.8 Å². The molecule has 1 atom stereocenters. The van der Waals surface area contributed by atoms with Crippen molar-refractivity contribution in [1.82, 2.24) is 5.32 Å². The third-order valence-corrected chi connectivity index (χ3v) is 3.69. The van der Waals surface area contributed by atoms with Crippen molar-refractivity contribution in [3.63, 3.8) is 0 Å². The van der Waals surface area contributed by atoms with Gasteiger partial charge in [0.25, 0.3) is 0 Å². The van der Waals surface area contributed by atoms with Crippen LogP contribution in [0.1, 0.15) is 12.0 Å². The lowest BCUT2D eigenvalue weighted by molar-refractivity contribution is -0.140. The lowest BCUT2D eigenvalue weighted by Gasteiger charge is -2.08. The number of nitrogens with two attached hydrogens (primary N) is 1. The van der Waals surface area contributed by atoms with Crippen LogP contribution in [-0.4, -0.2) is 37.7 Å². The van der Waals surface area contributed by atoms with Crippen LogP contribution >= 0.6 is 0 Å². The first-order valence-corrected chi connectivity index (χ1v) is 7.63. The minimum atomic E-state index is -3.25. The van der Waals surface area contributed by atoms with Crippen LogP contribution in [-0.2, 0) is 26.0 Å². The first-order valence-electron chi connectivity index (χ1n) is 5.74. The summed E-state index contributed by atoms with van der Waals surface area (Å²) < 4.78 is 22.5. The normalized spacial score (nSPS) is 12.7. The van der Waals surface area contributed by atoms with Crippen molar-refractivity contribution in [1.29, 1.82) is 0 Å².